The fraction of sp³-hybridized carbons (Fsp3) is 0.406. The molecule has 10 heteroatoms. The van der Waals surface area contributed by atoms with Crippen LogP contribution in [-0.4, -0.2) is 60.7 Å². The van der Waals surface area contributed by atoms with Crippen LogP contribution in [0, 0.1) is 11.8 Å². The molecule has 0 amide bonds. The highest BCUT2D eigenvalue weighted by atomic mass is 32.2. The Morgan fingerprint density at radius 2 is 1.81 bits per heavy atom. The molecular formula is C32H39F3N6S. The molecular weight excluding hydrogens is 557 g/mol. The van der Waals surface area contributed by atoms with E-state index in [1.54, 1.807) is 12.1 Å². The first kappa shape index (κ1) is 31.4. The van der Waals surface area contributed by atoms with Gasteiger partial charge >= 0.3 is 6.18 Å². The molecule has 0 atom stereocenters. The minimum absolute atomic E-state index is 0.296. The van der Waals surface area contributed by atoms with Crippen LogP contribution >= 0.6 is 11.9 Å². The van der Waals surface area contributed by atoms with E-state index in [9.17, 15) is 13.2 Å². The molecule has 42 heavy (non-hydrogen) atoms. The first-order chi connectivity index (χ1) is 20.2. The Kier molecular flexibility index (Phi) is 10.9. The number of nitrogens with zero attached hydrogens (tertiary/aromatic N) is 3. The molecule has 0 aliphatic carbocycles. The maximum absolute atomic E-state index is 13.5. The molecule has 3 heterocycles. The summed E-state index contributed by atoms with van der Waals surface area (Å²) in [7, 11) is 2.10. The van der Waals surface area contributed by atoms with Crippen molar-refractivity contribution in [1.82, 2.24) is 14.2 Å². The summed E-state index contributed by atoms with van der Waals surface area (Å²) in [5, 5.41) is 7.56. The normalized spacial score (nSPS) is 15.7. The smallest absolute Gasteiger partial charge is 0.382 e. The predicted octanol–water partition coefficient (Wildman–Crippen LogP) is 7.15. The van der Waals surface area contributed by atoms with Crippen molar-refractivity contribution in [2.45, 2.75) is 57.3 Å². The minimum atomic E-state index is -4.36. The summed E-state index contributed by atoms with van der Waals surface area (Å²) in [6.45, 7) is 8.00. The van der Waals surface area contributed by atoms with Gasteiger partial charge in [-0.05, 0) is 112 Å². The highest BCUT2D eigenvalue weighted by molar-refractivity contribution is 7.98. The molecule has 6 nitrogen and oxygen atoms in total. The molecule has 0 unspecified atom stereocenters. The Bertz CT molecular complexity index is 1460. The number of rotatable bonds is 7. The van der Waals surface area contributed by atoms with Crippen LogP contribution in [0.1, 0.15) is 39.3 Å². The van der Waals surface area contributed by atoms with Gasteiger partial charge in [-0.15, -0.1) is 0 Å². The molecule has 1 saturated heterocycles. The molecule has 0 radical (unpaired) electrons. The summed E-state index contributed by atoms with van der Waals surface area (Å²) in [4.78, 5) is 7.72. The largest absolute Gasteiger partial charge is 0.406 e. The van der Waals surface area contributed by atoms with Crippen molar-refractivity contribution >= 4 is 40.1 Å². The topological polar surface area (TPSA) is 56.6 Å². The maximum atomic E-state index is 13.5. The Balaban J connectivity index is 0.00000198. The molecule has 1 aromatic heterocycles. The van der Waals surface area contributed by atoms with Crippen molar-refractivity contribution in [2.75, 3.05) is 43.9 Å². The van der Waals surface area contributed by atoms with Gasteiger partial charge in [-0.1, -0.05) is 25.8 Å². The summed E-state index contributed by atoms with van der Waals surface area (Å²) in [5.41, 5.74) is 3.85. The number of hydrogen-bond donors (Lipinski definition) is 3. The van der Waals surface area contributed by atoms with Crippen LogP contribution in [0.3, 0.4) is 0 Å². The summed E-state index contributed by atoms with van der Waals surface area (Å²) < 4.78 is 45.1. The van der Waals surface area contributed by atoms with Crippen molar-refractivity contribution in [2.24, 2.45) is 4.99 Å². The van der Waals surface area contributed by atoms with E-state index < -0.39 is 12.7 Å². The number of aliphatic imine (C=N–C) groups is 1. The van der Waals surface area contributed by atoms with Gasteiger partial charge < -0.3 is 24.8 Å². The maximum Gasteiger partial charge on any atom is 0.406 e. The summed E-state index contributed by atoms with van der Waals surface area (Å²) in [6.07, 6.45) is -0.331. The van der Waals surface area contributed by atoms with Gasteiger partial charge in [0.05, 0.1) is 24.3 Å². The highest BCUT2D eigenvalue weighted by Crippen LogP contribution is 2.31. The van der Waals surface area contributed by atoms with Gasteiger partial charge in [0.25, 0.3) is 0 Å². The molecule has 2 aliphatic heterocycles. The van der Waals surface area contributed by atoms with Crippen LogP contribution in [-0.2, 0) is 6.54 Å². The Morgan fingerprint density at radius 3 is 2.48 bits per heavy atom. The fourth-order valence-electron chi connectivity index (χ4n) is 4.87. The van der Waals surface area contributed by atoms with E-state index >= 15 is 0 Å². The van der Waals surface area contributed by atoms with Crippen molar-refractivity contribution in [1.29, 1.82) is 0 Å². The van der Waals surface area contributed by atoms with Crippen molar-refractivity contribution in [3.63, 3.8) is 0 Å². The van der Waals surface area contributed by atoms with E-state index in [1.807, 2.05) is 63.2 Å². The van der Waals surface area contributed by atoms with Crippen LogP contribution in [0.15, 0.2) is 70.1 Å². The van der Waals surface area contributed by atoms with Crippen LogP contribution in [0.5, 0.6) is 0 Å². The van der Waals surface area contributed by atoms with Gasteiger partial charge in [-0.3, -0.25) is 4.99 Å². The van der Waals surface area contributed by atoms with Crippen molar-refractivity contribution < 1.29 is 13.2 Å². The molecule has 1 fully saturated rings. The lowest BCUT2D eigenvalue weighted by molar-refractivity contribution is -0.140. The van der Waals surface area contributed by atoms with Crippen LogP contribution < -0.4 is 15.4 Å². The third-order valence-electron chi connectivity index (χ3n) is 6.97. The van der Waals surface area contributed by atoms with Crippen molar-refractivity contribution in [3.05, 3.63) is 65.9 Å². The molecule has 2 aromatic carbocycles. The number of likely N-dealkylation sites (tertiary alicyclic amines) is 1. The number of anilines is 2. The number of nitrogens with one attached hydrogen (secondary N) is 3. The highest BCUT2D eigenvalue weighted by Gasteiger charge is 2.30. The van der Waals surface area contributed by atoms with Gasteiger partial charge in [-0.2, -0.15) is 13.2 Å². The van der Waals surface area contributed by atoms with E-state index in [1.165, 1.54) is 22.1 Å². The zero-order valence-electron chi connectivity index (χ0n) is 24.6. The van der Waals surface area contributed by atoms with Gasteiger partial charge in [0.2, 0.25) is 0 Å². The van der Waals surface area contributed by atoms with E-state index in [-0.39, 0.29) is 0 Å². The first-order valence-electron chi connectivity index (χ1n) is 14.3. The zero-order valence-corrected chi connectivity index (χ0v) is 25.4. The molecule has 0 saturated carbocycles. The lowest BCUT2D eigenvalue weighted by Crippen LogP contribution is -2.36. The Morgan fingerprint density at radius 1 is 1.07 bits per heavy atom. The predicted molar refractivity (Wildman–Crippen MR) is 170 cm³/mol. The third kappa shape index (κ3) is 8.73. The van der Waals surface area contributed by atoms with Crippen LogP contribution in [0.25, 0.3) is 10.9 Å². The monoisotopic (exact) mass is 596 g/mol. The van der Waals surface area contributed by atoms with Gasteiger partial charge in [0.1, 0.15) is 12.4 Å². The number of aromatic nitrogens is 1. The third-order valence-corrected chi connectivity index (χ3v) is 7.79. The van der Waals surface area contributed by atoms with Gasteiger partial charge in [0.15, 0.2) is 0 Å². The average molecular weight is 597 g/mol. The molecule has 0 spiro atoms. The number of alkyl halides is 3. The van der Waals surface area contributed by atoms with E-state index in [0.717, 1.165) is 60.0 Å². The van der Waals surface area contributed by atoms with Gasteiger partial charge in [0, 0.05) is 27.7 Å². The molecule has 0 bridgehead atoms. The fourth-order valence-corrected chi connectivity index (χ4v) is 5.48. The van der Waals surface area contributed by atoms with E-state index in [0.29, 0.717) is 23.8 Å². The Labute approximate surface area is 251 Å². The van der Waals surface area contributed by atoms with E-state index in [2.05, 4.69) is 44.1 Å². The summed E-state index contributed by atoms with van der Waals surface area (Å²) in [5.74, 6) is 6.86. The molecule has 2 aliphatic rings. The molecule has 224 valence electrons. The number of fused-ring (bicyclic) bond motifs is 1. The minimum Gasteiger partial charge on any atom is -0.382 e. The lowest BCUT2D eigenvalue weighted by atomic mass is 10.0. The van der Waals surface area contributed by atoms with Crippen LogP contribution in [0.4, 0.5) is 24.5 Å². The lowest BCUT2D eigenvalue weighted by Gasteiger charge is -2.30. The summed E-state index contributed by atoms with van der Waals surface area (Å²) >= 11 is 1.49. The standard InChI is InChI=1S/C30H33F3N6S.C2H6/c1-21-17-29(35-19-21)37-40-25-10-8-22(9-11-25)34-14-4-5-24-18-26-27(36-23-12-15-38(2)16-13-23)6-3-7-28(26)39(24)20-30(31,32)33;1-2/h3,6-11,17-18,23,34,36H,12-16,19-20H2,1-2H3,(H,35,37);1-2H3. The van der Waals surface area contributed by atoms with Crippen molar-refractivity contribution in [3.8, 4) is 11.8 Å². The molecule has 3 aromatic rings. The van der Waals surface area contributed by atoms with E-state index in [4.69, 9.17) is 0 Å². The number of halogens is 3. The van der Waals surface area contributed by atoms with Crippen LogP contribution in [0.2, 0.25) is 0 Å². The second-order valence-corrected chi connectivity index (χ2v) is 11.1. The molecule has 3 N–H and O–H groups in total. The second-order valence-electron chi connectivity index (χ2n) is 10.3. The SMILES string of the molecule is CC.CC1=CC(NSc2ccc(NCC#Cc3cc4c(NC5CCN(C)CC5)cccc4n3CC(F)(F)F)cc2)=NC1. The molecule has 5 rings (SSSR count). The second kappa shape index (κ2) is 14.6. The number of benzene rings is 2. The average Bonchev–Trinajstić information content (AvgIpc) is 3.55. The van der Waals surface area contributed by atoms with Gasteiger partial charge in [-0.25, -0.2) is 0 Å². The first-order valence-corrected chi connectivity index (χ1v) is 15.2. The number of hydrogen-bond acceptors (Lipinski definition) is 6. The zero-order chi connectivity index (χ0) is 30.1. The number of amidine groups is 1. The number of piperidine rings is 1. The Hall–Kier alpha value is -3.55. The summed E-state index contributed by atoms with van der Waals surface area (Å²) in [6, 6.07) is 15.4. The quantitative estimate of drug-likeness (QED) is 0.200.